The highest BCUT2D eigenvalue weighted by Gasteiger charge is 2.27. The second-order valence-electron chi connectivity index (χ2n) is 3.30. The van der Waals surface area contributed by atoms with E-state index in [4.69, 9.17) is 11.6 Å². The second kappa shape index (κ2) is 5.69. The average molecular weight is 335 g/mol. The average Bonchev–Trinajstić information content (AvgIpc) is 2.87. The molecule has 0 aliphatic heterocycles. The summed E-state index contributed by atoms with van der Waals surface area (Å²) in [4.78, 5) is 22.4. The molecule has 2 rings (SSSR count). The zero-order valence-electron chi connectivity index (χ0n) is 9.90. The van der Waals surface area contributed by atoms with Crippen LogP contribution >= 0.6 is 22.9 Å². The number of esters is 1. The standard InChI is InChI=1S/C9H7ClN4O4S2/c1-18-7(15)6-8(19-4-12-6)20(16,17)14-5-2-3-11-9(10)13-5/h2-4H,1H3,(H,11,13,14). The third kappa shape index (κ3) is 3.03. The Hall–Kier alpha value is -1.78. The van der Waals surface area contributed by atoms with Crippen LogP contribution < -0.4 is 4.72 Å². The number of nitrogens with zero attached hydrogens (tertiary/aromatic N) is 3. The quantitative estimate of drug-likeness (QED) is 0.660. The maximum absolute atomic E-state index is 12.2. The van der Waals surface area contributed by atoms with Crippen LogP contribution in [0.3, 0.4) is 0 Å². The third-order valence-electron chi connectivity index (χ3n) is 2.02. The Kier molecular flexibility index (Phi) is 4.16. The van der Waals surface area contributed by atoms with Crippen LogP contribution in [-0.4, -0.2) is 36.4 Å². The zero-order valence-corrected chi connectivity index (χ0v) is 12.3. The van der Waals surface area contributed by atoms with Crippen LogP contribution in [0, 0.1) is 0 Å². The van der Waals surface area contributed by atoms with E-state index >= 15 is 0 Å². The number of hydrogen-bond acceptors (Lipinski definition) is 8. The van der Waals surface area contributed by atoms with E-state index < -0.39 is 16.0 Å². The molecule has 0 aliphatic carbocycles. The van der Waals surface area contributed by atoms with E-state index in [-0.39, 0.29) is 21.0 Å². The number of rotatable bonds is 4. The van der Waals surface area contributed by atoms with E-state index in [1.165, 1.54) is 17.8 Å². The van der Waals surface area contributed by atoms with Crippen LogP contribution in [-0.2, 0) is 14.8 Å². The Bertz CT molecular complexity index is 746. The largest absolute Gasteiger partial charge is 0.464 e. The van der Waals surface area contributed by atoms with Gasteiger partial charge in [0, 0.05) is 6.20 Å². The van der Waals surface area contributed by atoms with Crippen molar-refractivity contribution in [2.24, 2.45) is 0 Å². The molecule has 0 unspecified atom stereocenters. The predicted octanol–water partition coefficient (Wildman–Crippen LogP) is 1.17. The number of halogens is 1. The molecule has 0 spiro atoms. The second-order valence-corrected chi connectivity index (χ2v) is 6.37. The Balaban J connectivity index is 2.36. The molecule has 0 saturated heterocycles. The zero-order chi connectivity index (χ0) is 14.8. The lowest BCUT2D eigenvalue weighted by molar-refractivity contribution is 0.0590. The van der Waals surface area contributed by atoms with Crippen LogP contribution in [0.25, 0.3) is 0 Å². The highest BCUT2D eigenvalue weighted by Crippen LogP contribution is 2.23. The van der Waals surface area contributed by atoms with Crippen molar-refractivity contribution >= 4 is 44.7 Å². The Morgan fingerprint density at radius 2 is 2.20 bits per heavy atom. The summed E-state index contributed by atoms with van der Waals surface area (Å²) >= 11 is 6.35. The summed E-state index contributed by atoms with van der Waals surface area (Å²) < 4.78 is 30.7. The molecule has 8 nitrogen and oxygen atoms in total. The molecule has 106 valence electrons. The highest BCUT2D eigenvalue weighted by molar-refractivity contribution is 7.94. The number of anilines is 1. The maximum atomic E-state index is 12.2. The number of hydrogen-bond donors (Lipinski definition) is 1. The summed E-state index contributed by atoms with van der Waals surface area (Å²) in [6.07, 6.45) is 1.29. The van der Waals surface area contributed by atoms with Crippen molar-refractivity contribution in [2.45, 2.75) is 4.21 Å². The lowest BCUT2D eigenvalue weighted by atomic mass is 10.5. The fourth-order valence-electron chi connectivity index (χ4n) is 1.23. The Morgan fingerprint density at radius 1 is 1.45 bits per heavy atom. The number of methoxy groups -OCH3 is 1. The van der Waals surface area contributed by atoms with Crippen LogP contribution in [0.15, 0.2) is 22.0 Å². The van der Waals surface area contributed by atoms with Crippen LogP contribution in [0.2, 0.25) is 5.28 Å². The van der Waals surface area contributed by atoms with Gasteiger partial charge in [0.25, 0.3) is 10.0 Å². The predicted molar refractivity (Wildman–Crippen MR) is 71.3 cm³/mol. The molecule has 2 aromatic rings. The third-order valence-corrected chi connectivity index (χ3v) is 4.93. The Labute approximate surface area is 122 Å². The van der Waals surface area contributed by atoms with Crippen molar-refractivity contribution in [3.05, 3.63) is 28.8 Å². The van der Waals surface area contributed by atoms with Gasteiger partial charge in [-0.15, -0.1) is 11.3 Å². The van der Waals surface area contributed by atoms with Crippen molar-refractivity contribution in [1.82, 2.24) is 15.0 Å². The SMILES string of the molecule is COC(=O)c1ncsc1S(=O)(=O)Nc1ccnc(Cl)n1. The van der Waals surface area contributed by atoms with Gasteiger partial charge in [-0.3, -0.25) is 4.72 Å². The molecule has 20 heavy (non-hydrogen) atoms. The van der Waals surface area contributed by atoms with Gasteiger partial charge < -0.3 is 4.74 Å². The van der Waals surface area contributed by atoms with E-state index in [1.807, 2.05) is 0 Å². The molecule has 2 heterocycles. The van der Waals surface area contributed by atoms with Gasteiger partial charge in [0.05, 0.1) is 12.6 Å². The molecule has 0 saturated carbocycles. The maximum Gasteiger partial charge on any atom is 0.358 e. The number of aromatic nitrogens is 3. The summed E-state index contributed by atoms with van der Waals surface area (Å²) in [5.41, 5.74) is 0.943. The van der Waals surface area contributed by atoms with Gasteiger partial charge in [-0.25, -0.2) is 23.2 Å². The van der Waals surface area contributed by atoms with Gasteiger partial charge in [-0.2, -0.15) is 4.98 Å². The number of sulfonamides is 1. The van der Waals surface area contributed by atoms with Gasteiger partial charge in [-0.05, 0) is 17.7 Å². The molecule has 11 heteroatoms. The summed E-state index contributed by atoms with van der Waals surface area (Å²) in [7, 11) is -2.88. The molecule has 1 N–H and O–H groups in total. The number of ether oxygens (including phenoxy) is 1. The molecule has 0 atom stereocenters. The fourth-order valence-corrected chi connectivity index (χ4v) is 3.52. The number of thiazole rings is 1. The smallest absolute Gasteiger partial charge is 0.358 e. The van der Waals surface area contributed by atoms with E-state index in [9.17, 15) is 13.2 Å². The summed E-state index contributed by atoms with van der Waals surface area (Å²) in [5, 5.41) is -0.109. The fraction of sp³-hybridized carbons (Fsp3) is 0.111. The first-order chi connectivity index (χ1) is 9.44. The monoisotopic (exact) mass is 334 g/mol. The van der Waals surface area contributed by atoms with Crippen molar-refractivity contribution in [3.63, 3.8) is 0 Å². The minimum absolute atomic E-state index is 0.0192. The van der Waals surface area contributed by atoms with Crippen molar-refractivity contribution in [2.75, 3.05) is 11.8 Å². The summed E-state index contributed by atoms with van der Waals surface area (Å²) in [6, 6.07) is 1.32. The first-order valence-corrected chi connectivity index (χ1v) is 7.71. The minimum atomic E-state index is -4.02. The first kappa shape index (κ1) is 14.6. The number of carbonyl (C=O) groups is 1. The van der Waals surface area contributed by atoms with Crippen molar-refractivity contribution in [1.29, 1.82) is 0 Å². The van der Waals surface area contributed by atoms with E-state index in [0.717, 1.165) is 18.4 Å². The lowest BCUT2D eigenvalue weighted by Gasteiger charge is -2.06. The number of nitrogens with one attached hydrogen (secondary N) is 1. The van der Waals surface area contributed by atoms with E-state index in [2.05, 4.69) is 24.4 Å². The van der Waals surface area contributed by atoms with Crippen molar-refractivity contribution < 1.29 is 17.9 Å². The van der Waals surface area contributed by atoms with Gasteiger partial charge in [-0.1, -0.05) is 0 Å². The van der Waals surface area contributed by atoms with Crippen molar-refractivity contribution in [3.8, 4) is 0 Å². The van der Waals surface area contributed by atoms with Gasteiger partial charge >= 0.3 is 5.97 Å². The topological polar surface area (TPSA) is 111 Å². The number of carbonyl (C=O) groups excluding carboxylic acids is 1. The molecule has 0 bridgehead atoms. The minimum Gasteiger partial charge on any atom is -0.464 e. The van der Waals surface area contributed by atoms with Crippen LogP contribution in [0.1, 0.15) is 10.5 Å². The molecule has 0 amide bonds. The first-order valence-electron chi connectivity index (χ1n) is 4.97. The molecule has 0 radical (unpaired) electrons. The molecule has 0 aliphatic rings. The van der Waals surface area contributed by atoms with Crippen LogP contribution in [0.5, 0.6) is 0 Å². The molecule has 0 fully saturated rings. The Morgan fingerprint density at radius 3 is 2.85 bits per heavy atom. The molecular formula is C9H7ClN4O4S2. The molecular weight excluding hydrogens is 328 g/mol. The van der Waals surface area contributed by atoms with E-state index in [0.29, 0.717) is 0 Å². The van der Waals surface area contributed by atoms with Crippen LogP contribution in [0.4, 0.5) is 5.82 Å². The summed E-state index contributed by atoms with van der Waals surface area (Å²) in [5.74, 6) is -0.860. The highest BCUT2D eigenvalue weighted by atomic mass is 35.5. The summed E-state index contributed by atoms with van der Waals surface area (Å²) in [6.45, 7) is 0. The molecule has 0 aromatic carbocycles. The molecule has 2 aromatic heterocycles. The normalized spacial score (nSPS) is 11.1. The van der Waals surface area contributed by atoms with Gasteiger partial charge in [0.15, 0.2) is 9.90 Å². The van der Waals surface area contributed by atoms with E-state index in [1.54, 1.807) is 0 Å². The van der Waals surface area contributed by atoms with Gasteiger partial charge in [0.1, 0.15) is 5.82 Å². The lowest BCUT2D eigenvalue weighted by Crippen LogP contribution is -2.16. The van der Waals surface area contributed by atoms with Gasteiger partial charge in [0.2, 0.25) is 5.28 Å².